The van der Waals surface area contributed by atoms with Gasteiger partial charge in [0.1, 0.15) is 0 Å². The van der Waals surface area contributed by atoms with Crippen LogP contribution in [0, 0.1) is 0 Å². The van der Waals surface area contributed by atoms with Gasteiger partial charge in [0.15, 0.2) is 5.11 Å². The molecule has 9 heteroatoms. The average molecular weight is 305 g/mol. The second-order valence-electron chi connectivity index (χ2n) is 2.98. The van der Waals surface area contributed by atoms with Gasteiger partial charge in [0, 0.05) is 5.56 Å². The Kier molecular flexibility index (Phi) is 5.63. The molecule has 1 rings (SSSR count). The average Bonchev–Trinajstić information content (AvgIpc) is 2.30. The van der Waals surface area contributed by atoms with Crippen molar-refractivity contribution in [2.75, 3.05) is 0 Å². The molecular formula is C9H10Cl2N6S. The van der Waals surface area contributed by atoms with Crippen LogP contribution in [-0.2, 0) is 0 Å². The molecule has 0 atom stereocenters. The number of nitrogens with zero attached hydrogens (tertiary/aromatic N) is 2. The summed E-state index contributed by atoms with van der Waals surface area (Å²) >= 11 is 16.4. The number of guanidine groups is 1. The monoisotopic (exact) mass is 304 g/mol. The van der Waals surface area contributed by atoms with Crippen molar-refractivity contribution in [1.82, 2.24) is 10.9 Å². The summed E-state index contributed by atoms with van der Waals surface area (Å²) in [5.74, 6) is -0.0118. The number of thiocarbonyl (C=S) groups is 1. The van der Waals surface area contributed by atoms with Gasteiger partial charge in [0.2, 0.25) is 5.96 Å². The van der Waals surface area contributed by atoms with E-state index >= 15 is 0 Å². The predicted octanol–water partition coefficient (Wildman–Crippen LogP) is 0.980. The molecule has 0 unspecified atom stereocenters. The van der Waals surface area contributed by atoms with Gasteiger partial charge in [-0.25, -0.2) is 5.43 Å². The lowest BCUT2D eigenvalue weighted by molar-refractivity contribution is 0.943. The number of benzene rings is 1. The van der Waals surface area contributed by atoms with Crippen LogP contribution in [-0.4, -0.2) is 17.3 Å². The fourth-order valence-corrected chi connectivity index (χ4v) is 1.48. The summed E-state index contributed by atoms with van der Waals surface area (Å²) in [5, 5.41) is 8.36. The van der Waals surface area contributed by atoms with E-state index in [1.54, 1.807) is 18.2 Å². The number of hydrazone groups is 2. The summed E-state index contributed by atoms with van der Waals surface area (Å²) in [7, 11) is 0. The molecule has 18 heavy (non-hydrogen) atoms. The molecule has 0 heterocycles. The summed E-state index contributed by atoms with van der Waals surface area (Å²) in [6, 6.07) is 5.12. The molecule has 0 fully saturated rings. The molecule has 0 radical (unpaired) electrons. The number of halogens is 2. The van der Waals surface area contributed by atoms with E-state index in [9.17, 15) is 0 Å². The van der Waals surface area contributed by atoms with Gasteiger partial charge in [0.25, 0.3) is 0 Å². The fraction of sp³-hybridized carbons (Fsp3) is 0. The van der Waals surface area contributed by atoms with E-state index in [2.05, 4.69) is 33.3 Å². The molecule has 0 saturated carbocycles. The normalized spacial score (nSPS) is 11.6. The maximum Gasteiger partial charge on any atom is 0.232 e. The Labute approximate surface area is 119 Å². The second kappa shape index (κ2) is 7.00. The SMILES string of the molecule is NC(=S)N/N=C(\N)N/N=C/c1c(Cl)cccc1Cl. The molecular weight excluding hydrogens is 295 g/mol. The van der Waals surface area contributed by atoms with Gasteiger partial charge in [-0.3, -0.25) is 5.43 Å². The van der Waals surface area contributed by atoms with Crippen molar-refractivity contribution in [2.45, 2.75) is 0 Å². The van der Waals surface area contributed by atoms with Crippen molar-refractivity contribution < 1.29 is 0 Å². The molecule has 96 valence electrons. The van der Waals surface area contributed by atoms with Crippen LogP contribution >= 0.6 is 35.4 Å². The van der Waals surface area contributed by atoms with Gasteiger partial charge >= 0.3 is 0 Å². The quantitative estimate of drug-likeness (QED) is 0.289. The third kappa shape index (κ3) is 4.74. The molecule has 0 aromatic heterocycles. The van der Waals surface area contributed by atoms with Crippen molar-refractivity contribution in [3.05, 3.63) is 33.8 Å². The number of nitrogens with two attached hydrogens (primary N) is 2. The zero-order valence-corrected chi connectivity index (χ0v) is 11.4. The van der Waals surface area contributed by atoms with Gasteiger partial charge < -0.3 is 11.5 Å². The molecule has 0 bridgehead atoms. The van der Waals surface area contributed by atoms with Gasteiger partial charge in [-0.05, 0) is 24.4 Å². The van der Waals surface area contributed by atoms with Crippen molar-refractivity contribution in [3.63, 3.8) is 0 Å². The first kappa shape index (κ1) is 14.5. The highest BCUT2D eigenvalue weighted by Gasteiger charge is 2.01. The van der Waals surface area contributed by atoms with Crippen LogP contribution in [0.15, 0.2) is 28.4 Å². The van der Waals surface area contributed by atoms with E-state index < -0.39 is 0 Å². The Morgan fingerprint density at radius 3 is 2.39 bits per heavy atom. The molecule has 0 amide bonds. The fourth-order valence-electron chi connectivity index (χ4n) is 0.937. The highest BCUT2D eigenvalue weighted by Crippen LogP contribution is 2.21. The first-order valence-corrected chi connectivity index (χ1v) is 5.79. The van der Waals surface area contributed by atoms with Crippen molar-refractivity contribution in [3.8, 4) is 0 Å². The maximum atomic E-state index is 5.94. The minimum Gasteiger partial charge on any atom is -0.375 e. The highest BCUT2D eigenvalue weighted by molar-refractivity contribution is 7.80. The topological polar surface area (TPSA) is 101 Å². The molecule has 0 aliphatic heterocycles. The maximum absolute atomic E-state index is 5.94. The van der Waals surface area contributed by atoms with E-state index in [0.29, 0.717) is 15.6 Å². The van der Waals surface area contributed by atoms with Gasteiger partial charge in [-0.1, -0.05) is 29.3 Å². The number of nitrogens with one attached hydrogen (secondary N) is 2. The molecule has 6 N–H and O–H groups in total. The summed E-state index contributed by atoms with van der Waals surface area (Å²) in [6.07, 6.45) is 1.42. The molecule has 0 saturated heterocycles. The summed E-state index contributed by atoms with van der Waals surface area (Å²) < 4.78 is 0. The molecule has 0 aliphatic carbocycles. The molecule has 0 spiro atoms. The van der Waals surface area contributed by atoms with E-state index in [1.807, 2.05) is 0 Å². The van der Waals surface area contributed by atoms with Gasteiger partial charge in [-0.15, -0.1) is 5.10 Å². The Bertz CT molecular complexity index is 482. The lowest BCUT2D eigenvalue weighted by Crippen LogP contribution is -2.33. The first-order valence-electron chi connectivity index (χ1n) is 4.62. The lowest BCUT2D eigenvalue weighted by Gasteiger charge is -2.02. The Morgan fingerprint density at radius 1 is 1.22 bits per heavy atom. The minimum atomic E-state index is -0.0118. The molecule has 1 aromatic rings. The van der Waals surface area contributed by atoms with Gasteiger partial charge in [0.05, 0.1) is 16.3 Å². The summed E-state index contributed by atoms with van der Waals surface area (Å²) in [5.41, 5.74) is 15.9. The van der Waals surface area contributed by atoms with Crippen LogP contribution in [0.1, 0.15) is 5.56 Å². The van der Waals surface area contributed by atoms with E-state index in [-0.39, 0.29) is 11.1 Å². The van der Waals surface area contributed by atoms with Gasteiger partial charge in [-0.2, -0.15) is 5.10 Å². The van der Waals surface area contributed by atoms with Crippen molar-refractivity contribution >= 4 is 52.7 Å². The number of hydrogen-bond donors (Lipinski definition) is 4. The van der Waals surface area contributed by atoms with Crippen molar-refractivity contribution in [2.24, 2.45) is 21.7 Å². The van der Waals surface area contributed by atoms with Crippen LogP contribution in [0.4, 0.5) is 0 Å². The van der Waals surface area contributed by atoms with Crippen LogP contribution in [0.3, 0.4) is 0 Å². The van der Waals surface area contributed by atoms with E-state index in [1.165, 1.54) is 6.21 Å². The van der Waals surface area contributed by atoms with Crippen molar-refractivity contribution in [1.29, 1.82) is 0 Å². The van der Waals surface area contributed by atoms with Crippen LogP contribution < -0.4 is 22.3 Å². The third-order valence-corrected chi connectivity index (χ3v) is 2.41. The second-order valence-corrected chi connectivity index (χ2v) is 4.23. The zero-order valence-electron chi connectivity index (χ0n) is 9.02. The van der Waals surface area contributed by atoms with Crippen LogP contribution in [0.5, 0.6) is 0 Å². The van der Waals surface area contributed by atoms with Crippen LogP contribution in [0.25, 0.3) is 0 Å². The minimum absolute atomic E-state index is 0.00196. The Morgan fingerprint density at radius 2 is 1.83 bits per heavy atom. The predicted molar refractivity (Wildman–Crippen MR) is 78.7 cm³/mol. The Balaban J connectivity index is 2.65. The number of hydrogen-bond acceptors (Lipinski definition) is 3. The smallest absolute Gasteiger partial charge is 0.232 e. The number of rotatable bonds is 3. The van der Waals surface area contributed by atoms with Crippen LogP contribution in [0.2, 0.25) is 10.0 Å². The molecule has 1 aromatic carbocycles. The summed E-state index contributed by atoms with van der Waals surface area (Å²) in [4.78, 5) is 0. The van der Waals surface area contributed by atoms with E-state index in [0.717, 1.165) is 0 Å². The third-order valence-electron chi connectivity index (χ3n) is 1.66. The largest absolute Gasteiger partial charge is 0.375 e. The highest BCUT2D eigenvalue weighted by atomic mass is 35.5. The summed E-state index contributed by atoms with van der Waals surface area (Å²) in [6.45, 7) is 0. The van der Waals surface area contributed by atoms with E-state index in [4.69, 9.17) is 34.7 Å². The molecule has 6 nitrogen and oxygen atoms in total. The molecule has 0 aliphatic rings. The standard InChI is InChI=1S/C9H10Cl2N6S/c10-6-2-1-3-7(11)5(6)4-14-15-8(12)16-17-9(13)18/h1-4H,(H3,12,15,16)(H3,13,17,18)/b14-4+. The lowest BCUT2D eigenvalue weighted by atomic mass is 10.2. The first-order chi connectivity index (χ1) is 8.50. The Hall–Kier alpha value is -1.57. The zero-order chi connectivity index (χ0) is 13.5.